The monoisotopic (exact) mass is 380 g/mol. The van der Waals surface area contributed by atoms with Crippen LogP contribution in [0, 0.1) is 11.3 Å². The molecule has 2 aromatic carbocycles. The van der Waals surface area contributed by atoms with Gasteiger partial charge in [0.2, 0.25) is 0 Å². The van der Waals surface area contributed by atoms with Gasteiger partial charge in [-0.2, -0.15) is 10.4 Å². The smallest absolute Gasteiger partial charge is 0.197 e. The van der Waals surface area contributed by atoms with Crippen molar-refractivity contribution in [1.29, 1.82) is 5.26 Å². The van der Waals surface area contributed by atoms with E-state index < -0.39 is 0 Å². The van der Waals surface area contributed by atoms with Gasteiger partial charge < -0.3 is 8.98 Å². The van der Waals surface area contributed by atoms with Crippen LogP contribution < -0.4 is 5.43 Å². The number of fused-ring (bicyclic) bond motifs is 4. The minimum absolute atomic E-state index is 0.457. The normalized spacial score (nSPS) is 11.6. The molecule has 0 bridgehead atoms. The average molecular weight is 380 g/mol. The van der Waals surface area contributed by atoms with Gasteiger partial charge in [-0.25, -0.2) is 9.97 Å². The van der Waals surface area contributed by atoms with Crippen LogP contribution in [0.5, 0.6) is 0 Å². The van der Waals surface area contributed by atoms with E-state index in [-0.39, 0.29) is 0 Å². The molecule has 3 heterocycles. The molecule has 0 radical (unpaired) electrons. The van der Waals surface area contributed by atoms with Crippen molar-refractivity contribution in [3.8, 4) is 6.07 Å². The number of hydrogen-bond acceptors (Lipinski definition) is 6. The summed E-state index contributed by atoms with van der Waals surface area (Å²) in [5.41, 5.74) is 7.09. The number of hydrazone groups is 1. The zero-order chi connectivity index (χ0) is 19.6. The Labute approximate surface area is 165 Å². The predicted octanol–water partition coefficient (Wildman–Crippen LogP) is 4.69. The van der Waals surface area contributed by atoms with Crippen molar-refractivity contribution >= 4 is 45.0 Å². The lowest BCUT2D eigenvalue weighted by molar-refractivity contribution is 0.667. The zero-order valence-electron chi connectivity index (χ0n) is 15.4. The second kappa shape index (κ2) is 7.09. The van der Waals surface area contributed by atoms with Crippen molar-refractivity contribution in [3.63, 3.8) is 0 Å². The van der Waals surface area contributed by atoms with Gasteiger partial charge in [0.05, 0.1) is 18.7 Å². The minimum atomic E-state index is 0.457. The Morgan fingerprint density at radius 3 is 2.83 bits per heavy atom. The second-order valence-corrected chi connectivity index (χ2v) is 6.57. The third kappa shape index (κ3) is 2.97. The van der Waals surface area contributed by atoms with E-state index in [1.165, 1.54) is 6.33 Å². The fourth-order valence-corrected chi connectivity index (χ4v) is 3.50. The summed E-state index contributed by atoms with van der Waals surface area (Å²) in [4.78, 5) is 8.61. The molecule has 0 aliphatic rings. The number of aromatic nitrogens is 3. The lowest BCUT2D eigenvalue weighted by atomic mass is 10.2. The van der Waals surface area contributed by atoms with Crippen LogP contribution in [0.3, 0.4) is 0 Å². The molecule has 1 N–H and O–H groups in total. The van der Waals surface area contributed by atoms with Gasteiger partial charge in [0.25, 0.3) is 0 Å². The molecule has 5 aromatic rings. The highest BCUT2D eigenvalue weighted by Crippen LogP contribution is 2.30. The van der Waals surface area contributed by atoms with Gasteiger partial charge >= 0.3 is 0 Å². The Hall–Kier alpha value is -4.18. The van der Waals surface area contributed by atoms with E-state index in [9.17, 15) is 0 Å². The highest BCUT2D eigenvalue weighted by atomic mass is 16.3. The maximum atomic E-state index is 8.89. The maximum Gasteiger partial charge on any atom is 0.197 e. The first-order valence-electron chi connectivity index (χ1n) is 9.21. The van der Waals surface area contributed by atoms with Crippen LogP contribution >= 0.6 is 0 Å². The molecular weight excluding hydrogens is 364 g/mol. The molecule has 0 spiro atoms. The van der Waals surface area contributed by atoms with Crippen molar-refractivity contribution in [2.75, 3.05) is 5.43 Å². The van der Waals surface area contributed by atoms with Crippen LogP contribution in [0.4, 0.5) is 5.82 Å². The topological polar surface area (TPSA) is 92.0 Å². The third-order valence-electron chi connectivity index (χ3n) is 4.82. The summed E-state index contributed by atoms with van der Waals surface area (Å²) in [6.07, 6.45) is 5.71. The van der Waals surface area contributed by atoms with Gasteiger partial charge in [-0.15, -0.1) is 0 Å². The van der Waals surface area contributed by atoms with Crippen LogP contribution in [0.1, 0.15) is 12.0 Å². The van der Waals surface area contributed by atoms with Crippen molar-refractivity contribution in [2.45, 2.75) is 13.0 Å². The Bertz CT molecular complexity index is 1410. The molecule has 29 heavy (non-hydrogen) atoms. The molecule has 7 nitrogen and oxygen atoms in total. The van der Waals surface area contributed by atoms with E-state index in [0.29, 0.717) is 24.4 Å². The minimum Gasteiger partial charge on any atom is -0.450 e. The van der Waals surface area contributed by atoms with Crippen LogP contribution in [0.15, 0.2) is 70.6 Å². The number of aryl methyl sites for hydroxylation is 1. The first-order valence-corrected chi connectivity index (χ1v) is 9.21. The first kappa shape index (κ1) is 17.0. The molecule has 0 amide bonds. The molecule has 0 unspecified atom stereocenters. The van der Waals surface area contributed by atoms with E-state index in [4.69, 9.17) is 9.68 Å². The summed E-state index contributed by atoms with van der Waals surface area (Å²) in [6, 6.07) is 18.0. The first-order chi connectivity index (χ1) is 14.3. The van der Waals surface area contributed by atoms with Crippen LogP contribution in [0.25, 0.3) is 33.0 Å². The molecule has 7 heteroatoms. The molecule has 0 saturated carbocycles. The fourth-order valence-electron chi connectivity index (χ4n) is 3.50. The van der Waals surface area contributed by atoms with Gasteiger partial charge in [0.15, 0.2) is 11.4 Å². The zero-order valence-corrected chi connectivity index (χ0v) is 15.4. The Kier molecular flexibility index (Phi) is 4.15. The standard InChI is InChI=1S/C22H16N6O/c23-10-5-11-28-13-15(16-6-1-3-8-18(16)28)12-26-27-22-21-20(24-14-25-22)17-7-2-4-9-19(17)29-21/h1-4,6-9,12-14H,5,11H2,(H,24,25,27)/b26-12-. The quantitative estimate of drug-likeness (QED) is 0.353. The molecule has 0 fully saturated rings. The maximum absolute atomic E-state index is 8.89. The predicted molar refractivity (Wildman–Crippen MR) is 113 cm³/mol. The summed E-state index contributed by atoms with van der Waals surface area (Å²) >= 11 is 0. The van der Waals surface area contributed by atoms with E-state index >= 15 is 0 Å². The second-order valence-electron chi connectivity index (χ2n) is 6.57. The SMILES string of the molecule is N#CCCn1cc(/C=N\Nc2ncnc3c2oc2ccccc23)c2ccccc21. The van der Waals surface area contributed by atoms with E-state index in [1.807, 2.05) is 54.7 Å². The molecule has 3 aromatic heterocycles. The highest BCUT2D eigenvalue weighted by molar-refractivity contribution is 6.05. The van der Waals surface area contributed by atoms with Gasteiger partial charge in [-0.05, 0) is 18.2 Å². The summed E-state index contributed by atoms with van der Waals surface area (Å²) in [6.45, 7) is 0.643. The van der Waals surface area contributed by atoms with Crippen molar-refractivity contribution in [1.82, 2.24) is 14.5 Å². The van der Waals surface area contributed by atoms with Crippen LogP contribution in [-0.2, 0) is 6.54 Å². The van der Waals surface area contributed by atoms with Gasteiger partial charge in [-0.3, -0.25) is 5.43 Å². The summed E-state index contributed by atoms with van der Waals surface area (Å²) in [7, 11) is 0. The lowest BCUT2D eigenvalue weighted by Gasteiger charge is -2.00. The van der Waals surface area contributed by atoms with E-state index in [2.05, 4.69) is 31.1 Å². The van der Waals surface area contributed by atoms with Gasteiger partial charge in [0, 0.05) is 34.6 Å². The molecule has 0 aliphatic heterocycles. The molecular formula is C22H16N6O. The number of para-hydroxylation sites is 2. The average Bonchev–Trinajstić information content (AvgIpc) is 3.31. The number of hydrogen-bond donors (Lipinski definition) is 1. The molecule has 140 valence electrons. The Morgan fingerprint density at radius 2 is 1.93 bits per heavy atom. The van der Waals surface area contributed by atoms with E-state index in [1.54, 1.807) is 6.21 Å². The molecule has 5 rings (SSSR count). The van der Waals surface area contributed by atoms with Crippen molar-refractivity contribution in [3.05, 3.63) is 66.6 Å². The number of anilines is 1. The number of benzene rings is 2. The number of nitrogens with zero attached hydrogens (tertiary/aromatic N) is 5. The van der Waals surface area contributed by atoms with Gasteiger partial charge in [0.1, 0.15) is 17.4 Å². The summed E-state index contributed by atoms with van der Waals surface area (Å²) in [5.74, 6) is 0.510. The van der Waals surface area contributed by atoms with Crippen molar-refractivity contribution < 1.29 is 4.42 Å². The molecule has 0 aliphatic carbocycles. The number of furan rings is 1. The van der Waals surface area contributed by atoms with Crippen LogP contribution in [0.2, 0.25) is 0 Å². The van der Waals surface area contributed by atoms with Crippen molar-refractivity contribution in [2.24, 2.45) is 5.10 Å². The largest absolute Gasteiger partial charge is 0.450 e. The number of rotatable bonds is 5. The Balaban J connectivity index is 1.48. The third-order valence-corrected chi connectivity index (χ3v) is 4.82. The van der Waals surface area contributed by atoms with Gasteiger partial charge in [-0.1, -0.05) is 30.3 Å². The van der Waals surface area contributed by atoms with E-state index in [0.717, 1.165) is 33.0 Å². The number of nitrogens with one attached hydrogen (secondary N) is 1. The van der Waals surface area contributed by atoms with Crippen LogP contribution in [-0.4, -0.2) is 20.7 Å². The number of nitriles is 1. The Morgan fingerprint density at radius 1 is 1.10 bits per heavy atom. The molecule has 0 atom stereocenters. The fraction of sp³-hybridized carbons (Fsp3) is 0.0909. The lowest BCUT2D eigenvalue weighted by Crippen LogP contribution is -1.95. The summed E-state index contributed by atoms with van der Waals surface area (Å²) < 4.78 is 7.98. The summed E-state index contributed by atoms with van der Waals surface area (Å²) in [5, 5.41) is 15.3. The highest BCUT2D eigenvalue weighted by Gasteiger charge is 2.12. The molecule has 0 saturated heterocycles.